The maximum absolute atomic E-state index is 12.7. The molecular weight excluding hydrogens is 432 g/mol. The number of rotatable bonds is 8. The maximum Gasteiger partial charge on any atom is 0.360 e. The van der Waals surface area contributed by atoms with Crippen molar-refractivity contribution in [3.05, 3.63) is 77.0 Å². The Morgan fingerprint density at radius 1 is 1.09 bits per heavy atom. The van der Waals surface area contributed by atoms with Crippen LogP contribution in [0.15, 0.2) is 65.2 Å². The fourth-order valence-corrected chi connectivity index (χ4v) is 3.55. The van der Waals surface area contributed by atoms with E-state index in [1.807, 2.05) is 54.6 Å². The third-order valence-corrected chi connectivity index (χ3v) is 5.15. The number of ether oxygens (including phenoxy) is 2. The summed E-state index contributed by atoms with van der Waals surface area (Å²) < 4.78 is 15.6. The zero-order valence-corrected chi connectivity index (χ0v) is 17.7. The first-order valence-electron chi connectivity index (χ1n) is 9.58. The van der Waals surface area contributed by atoms with Gasteiger partial charge in [0.2, 0.25) is 11.5 Å². The molecule has 0 atom stereocenters. The minimum atomic E-state index is -0.672. The highest BCUT2D eigenvalue weighted by atomic mass is 32.1. The number of nitrogen functional groups attached to an aromatic ring is 1. The van der Waals surface area contributed by atoms with E-state index in [9.17, 15) is 9.59 Å². The number of hydrogen-bond donors (Lipinski definition) is 2. The molecule has 2 aromatic heterocycles. The quantitative estimate of drug-likeness (QED) is 0.291. The highest BCUT2D eigenvalue weighted by molar-refractivity contribution is 7.18. The number of ketones is 1. The van der Waals surface area contributed by atoms with Gasteiger partial charge in [-0.15, -0.1) is 0 Å². The van der Waals surface area contributed by atoms with Gasteiger partial charge in [0.25, 0.3) is 0 Å². The van der Waals surface area contributed by atoms with Gasteiger partial charge < -0.3 is 25.0 Å². The van der Waals surface area contributed by atoms with Crippen molar-refractivity contribution in [1.29, 1.82) is 0 Å². The Hall–Kier alpha value is -4.18. The average molecular weight is 450 g/mol. The Labute approximate surface area is 186 Å². The lowest BCUT2D eigenvalue weighted by molar-refractivity contribution is 0.0514. The number of nitrogens with one attached hydrogen (secondary N) is 1. The van der Waals surface area contributed by atoms with E-state index in [0.717, 1.165) is 22.8 Å². The molecule has 0 saturated carbocycles. The lowest BCUT2D eigenvalue weighted by Gasteiger charge is -2.07. The van der Waals surface area contributed by atoms with Gasteiger partial charge in [-0.05, 0) is 43.3 Å². The van der Waals surface area contributed by atoms with E-state index in [0.29, 0.717) is 10.9 Å². The molecule has 162 valence electrons. The number of benzene rings is 2. The Morgan fingerprint density at radius 3 is 2.53 bits per heavy atom. The second kappa shape index (κ2) is 9.31. The molecule has 32 heavy (non-hydrogen) atoms. The number of carbonyl (C=O) groups is 2. The molecule has 4 aromatic rings. The second-order valence-electron chi connectivity index (χ2n) is 6.42. The number of para-hydroxylation sites is 1. The Bertz CT molecular complexity index is 1230. The van der Waals surface area contributed by atoms with Crippen molar-refractivity contribution in [3.8, 4) is 11.5 Å². The van der Waals surface area contributed by atoms with Crippen LogP contribution in [0.4, 0.5) is 16.6 Å². The molecule has 0 radical (unpaired) electrons. The molecule has 4 rings (SSSR count). The summed E-state index contributed by atoms with van der Waals surface area (Å²) in [7, 11) is 0. The molecule has 2 heterocycles. The van der Waals surface area contributed by atoms with E-state index < -0.39 is 11.8 Å². The number of hydrogen-bond acceptors (Lipinski definition) is 10. The van der Waals surface area contributed by atoms with Crippen molar-refractivity contribution in [2.45, 2.75) is 6.92 Å². The van der Waals surface area contributed by atoms with Gasteiger partial charge in [0, 0.05) is 11.8 Å². The Kier molecular flexibility index (Phi) is 6.13. The molecule has 0 spiro atoms. The number of anilines is 3. The highest BCUT2D eigenvalue weighted by Gasteiger charge is 2.24. The molecule has 9 nitrogen and oxygen atoms in total. The van der Waals surface area contributed by atoms with Crippen molar-refractivity contribution in [2.75, 3.05) is 17.7 Å². The Balaban J connectivity index is 1.44. The van der Waals surface area contributed by atoms with E-state index in [2.05, 4.69) is 15.5 Å². The van der Waals surface area contributed by atoms with Crippen LogP contribution in [-0.2, 0) is 4.74 Å². The van der Waals surface area contributed by atoms with Crippen LogP contribution in [0.3, 0.4) is 0 Å². The summed E-state index contributed by atoms with van der Waals surface area (Å²) in [5.74, 6) is 0.136. The smallest absolute Gasteiger partial charge is 0.360 e. The van der Waals surface area contributed by atoms with Gasteiger partial charge in [-0.1, -0.05) is 34.7 Å². The van der Waals surface area contributed by atoms with Crippen molar-refractivity contribution in [3.63, 3.8) is 0 Å². The van der Waals surface area contributed by atoms with E-state index in [1.165, 1.54) is 6.07 Å². The van der Waals surface area contributed by atoms with Crippen molar-refractivity contribution in [1.82, 2.24) is 10.1 Å². The van der Waals surface area contributed by atoms with Crippen LogP contribution in [-0.4, -0.2) is 28.5 Å². The number of nitrogens with zero attached hydrogens (tertiary/aromatic N) is 2. The number of nitrogens with two attached hydrogens (primary N) is 1. The molecule has 0 aliphatic carbocycles. The van der Waals surface area contributed by atoms with E-state index >= 15 is 0 Å². The summed E-state index contributed by atoms with van der Waals surface area (Å²) in [4.78, 5) is 28.8. The Morgan fingerprint density at radius 2 is 1.81 bits per heavy atom. The topological polar surface area (TPSA) is 130 Å². The minimum Gasteiger partial charge on any atom is -0.461 e. The first-order chi connectivity index (χ1) is 15.5. The van der Waals surface area contributed by atoms with Gasteiger partial charge in [-0.25, -0.2) is 9.78 Å². The third kappa shape index (κ3) is 4.76. The molecule has 3 N–H and O–H groups in total. The van der Waals surface area contributed by atoms with Crippen LogP contribution < -0.4 is 15.8 Å². The SMILES string of the molecule is CCOC(=O)c1cc(C(=O)c2sc(Nc3ccc(Oc4ccccc4)cc3)nc2N)on1. The summed E-state index contributed by atoms with van der Waals surface area (Å²) in [6, 6.07) is 17.9. The van der Waals surface area contributed by atoms with Crippen molar-refractivity contribution < 1.29 is 23.6 Å². The number of thiazole rings is 1. The molecular formula is C22H18N4O5S. The van der Waals surface area contributed by atoms with Crippen LogP contribution in [0, 0.1) is 0 Å². The second-order valence-corrected chi connectivity index (χ2v) is 7.42. The third-order valence-electron chi connectivity index (χ3n) is 4.16. The molecule has 0 unspecified atom stereocenters. The first-order valence-corrected chi connectivity index (χ1v) is 10.4. The zero-order valence-electron chi connectivity index (χ0n) is 16.9. The molecule has 0 bridgehead atoms. The maximum atomic E-state index is 12.7. The summed E-state index contributed by atoms with van der Waals surface area (Å²) in [6.07, 6.45) is 0. The van der Waals surface area contributed by atoms with E-state index in [4.69, 9.17) is 19.7 Å². The van der Waals surface area contributed by atoms with Crippen LogP contribution in [0.5, 0.6) is 11.5 Å². The van der Waals surface area contributed by atoms with Crippen molar-refractivity contribution >= 4 is 39.7 Å². The van der Waals surface area contributed by atoms with Gasteiger partial charge in [-0.3, -0.25) is 4.79 Å². The van der Waals surface area contributed by atoms with Crippen molar-refractivity contribution in [2.24, 2.45) is 0 Å². The van der Waals surface area contributed by atoms with Gasteiger partial charge in [0.15, 0.2) is 10.8 Å². The summed E-state index contributed by atoms with van der Waals surface area (Å²) >= 11 is 1.06. The standard InChI is InChI=1S/C22H18N4O5S/c1-2-29-21(28)16-12-17(31-26-16)18(27)19-20(23)25-22(32-19)24-13-8-10-15(11-9-13)30-14-6-4-3-5-7-14/h3-12H,2,23H2,1H3,(H,24,25). The van der Waals surface area contributed by atoms with Crippen LogP contribution >= 0.6 is 11.3 Å². The molecule has 0 saturated heterocycles. The first kappa shape index (κ1) is 21.1. The molecule has 10 heteroatoms. The normalized spacial score (nSPS) is 10.5. The van der Waals surface area contributed by atoms with Gasteiger partial charge in [0.1, 0.15) is 22.2 Å². The average Bonchev–Trinajstić information content (AvgIpc) is 3.43. The summed E-state index contributed by atoms with van der Waals surface area (Å²) in [5, 5.41) is 7.10. The predicted molar refractivity (Wildman–Crippen MR) is 119 cm³/mol. The number of carbonyl (C=O) groups excluding carboxylic acids is 2. The fraction of sp³-hybridized carbons (Fsp3) is 0.0909. The predicted octanol–water partition coefficient (Wildman–Crippen LogP) is 4.66. The minimum absolute atomic E-state index is 0.0422. The van der Waals surface area contributed by atoms with E-state index in [-0.39, 0.29) is 28.8 Å². The van der Waals surface area contributed by atoms with Crippen LogP contribution in [0.2, 0.25) is 0 Å². The van der Waals surface area contributed by atoms with Crippen LogP contribution in [0.1, 0.15) is 32.8 Å². The number of esters is 1. The summed E-state index contributed by atoms with van der Waals surface area (Å²) in [5.41, 5.74) is 6.57. The number of aromatic nitrogens is 2. The highest BCUT2D eigenvalue weighted by Crippen LogP contribution is 2.31. The van der Waals surface area contributed by atoms with Gasteiger partial charge in [-0.2, -0.15) is 0 Å². The van der Waals surface area contributed by atoms with Gasteiger partial charge in [0.05, 0.1) is 6.61 Å². The summed E-state index contributed by atoms with van der Waals surface area (Å²) in [6.45, 7) is 1.85. The van der Waals surface area contributed by atoms with Gasteiger partial charge >= 0.3 is 5.97 Å². The largest absolute Gasteiger partial charge is 0.461 e. The van der Waals surface area contributed by atoms with Crippen LogP contribution in [0.25, 0.3) is 0 Å². The molecule has 0 aliphatic rings. The molecule has 0 amide bonds. The molecule has 2 aromatic carbocycles. The lowest BCUT2D eigenvalue weighted by atomic mass is 10.2. The molecule has 0 aliphatic heterocycles. The fourth-order valence-electron chi connectivity index (χ4n) is 2.70. The molecule has 0 fully saturated rings. The van der Waals surface area contributed by atoms with E-state index in [1.54, 1.807) is 6.92 Å². The zero-order chi connectivity index (χ0) is 22.5. The lowest BCUT2D eigenvalue weighted by Crippen LogP contribution is -2.05. The monoisotopic (exact) mass is 450 g/mol.